The molecule has 6 heteroatoms. The van der Waals surface area contributed by atoms with E-state index in [1.54, 1.807) is 6.92 Å². The smallest absolute Gasteiger partial charge is 0.350 e. The summed E-state index contributed by atoms with van der Waals surface area (Å²) in [6, 6.07) is 6.79. The van der Waals surface area contributed by atoms with Crippen LogP contribution in [0.15, 0.2) is 24.3 Å². The third kappa shape index (κ3) is 2.59. The second kappa shape index (κ2) is 5.38. The number of carbonyl (C=O) groups is 2. The molecule has 0 spiro atoms. The molecule has 0 aliphatic heterocycles. The molecule has 1 heterocycles. The lowest BCUT2D eigenvalue weighted by atomic mass is 10.2. The van der Waals surface area contributed by atoms with Crippen LogP contribution in [0.2, 0.25) is 0 Å². The van der Waals surface area contributed by atoms with Crippen molar-refractivity contribution in [3.63, 3.8) is 0 Å². The van der Waals surface area contributed by atoms with Crippen LogP contribution in [0.25, 0.3) is 10.1 Å². The first-order chi connectivity index (χ1) is 9.04. The fraction of sp³-hybridized carbons (Fsp3) is 0.231. The van der Waals surface area contributed by atoms with Crippen LogP contribution in [0.1, 0.15) is 16.6 Å². The van der Waals surface area contributed by atoms with Gasteiger partial charge in [-0.05, 0) is 13.0 Å². The molecule has 5 nitrogen and oxygen atoms in total. The molecule has 2 rings (SSSR count). The standard InChI is InChI=1S/C13H14N2O3S/c1-7(14)12(16)15-10-8-5-3-4-6-9(8)19-11(10)13(17)18-2/h3-7H,14H2,1-2H3,(H,15,16). The molecule has 1 aromatic carbocycles. The Morgan fingerprint density at radius 1 is 1.37 bits per heavy atom. The van der Waals surface area contributed by atoms with E-state index in [4.69, 9.17) is 10.5 Å². The van der Waals surface area contributed by atoms with Crippen LogP contribution in [0.3, 0.4) is 0 Å². The third-order valence-electron chi connectivity index (χ3n) is 2.63. The first kappa shape index (κ1) is 13.5. The molecule has 0 aliphatic carbocycles. The summed E-state index contributed by atoms with van der Waals surface area (Å²) in [5.41, 5.74) is 6.00. The number of carbonyl (C=O) groups excluding carboxylic acids is 2. The minimum absolute atomic E-state index is 0.339. The first-order valence-corrected chi connectivity index (χ1v) is 6.52. The summed E-state index contributed by atoms with van der Waals surface area (Å²) in [7, 11) is 1.31. The Labute approximate surface area is 114 Å². The largest absolute Gasteiger partial charge is 0.465 e. The van der Waals surface area contributed by atoms with Crippen molar-refractivity contribution < 1.29 is 14.3 Å². The van der Waals surface area contributed by atoms with Crippen molar-refractivity contribution in [2.45, 2.75) is 13.0 Å². The van der Waals surface area contributed by atoms with E-state index in [9.17, 15) is 9.59 Å². The van der Waals surface area contributed by atoms with Crippen LogP contribution in [-0.4, -0.2) is 25.0 Å². The van der Waals surface area contributed by atoms with E-state index in [1.807, 2.05) is 24.3 Å². The number of methoxy groups -OCH3 is 1. The number of amides is 1. The van der Waals surface area contributed by atoms with Gasteiger partial charge in [-0.15, -0.1) is 11.3 Å². The summed E-state index contributed by atoms with van der Waals surface area (Å²) in [6.45, 7) is 1.59. The van der Waals surface area contributed by atoms with Gasteiger partial charge in [0.25, 0.3) is 0 Å². The zero-order valence-electron chi connectivity index (χ0n) is 10.6. The molecule has 0 aliphatic rings. The molecule has 0 radical (unpaired) electrons. The number of nitrogens with one attached hydrogen (secondary N) is 1. The van der Waals surface area contributed by atoms with E-state index in [0.717, 1.165) is 10.1 Å². The highest BCUT2D eigenvalue weighted by Gasteiger charge is 2.21. The third-order valence-corrected chi connectivity index (χ3v) is 3.78. The van der Waals surface area contributed by atoms with Crippen LogP contribution >= 0.6 is 11.3 Å². The van der Waals surface area contributed by atoms with Gasteiger partial charge in [0.1, 0.15) is 4.88 Å². The minimum Gasteiger partial charge on any atom is -0.465 e. The molecular formula is C13H14N2O3S. The lowest BCUT2D eigenvalue weighted by molar-refractivity contribution is -0.117. The lowest BCUT2D eigenvalue weighted by Gasteiger charge is -2.08. The van der Waals surface area contributed by atoms with Gasteiger partial charge in [-0.25, -0.2) is 4.79 Å². The molecule has 1 amide bonds. The molecule has 1 atom stereocenters. The van der Waals surface area contributed by atoms with Crippen molar-refractivity contribution >= 4 is 39.0 Å². The lowest BCUT2D eigenvalue weighted by Crippen LogP contribution is -2.32. The topological polar surface area (TPSA) is 81.4 Å². The molecule has 2 aromatic rings. The number of thiophene rings is 1. The summed E-state index contributed by atoms with van der Waals surface area (Å²) in [4.78, 5) is 23.9. The molecule has 0 fully saturated rings. The van der Waals surface area contributed by atoms with Gasteiger partial charge in [0.2, 0.25) is 5.91 Å². The average molecular weight is 278 g/mol. The molecule has 19 heavy (non-hydrogen) atoms. The van der Waals surface area contributed by atoms with Gasteiger partial charge in [-0.2, -0.15) is 0 Å². The van der Waals surface area contributed by atoms with Gasteiger partial charge in [-0.3, -0.25) is 4.79 Å². The second-order valence-electron chi connectivity index (χ2n) is 4.07. The maximum atomic E-state index is 11.8. The van der Waals surface area contributed by atoms with E-state index in [2.05, 4.69) is 5.32 Å². The first-order valence-electron chi connectivity index (χ1n) is 5.71. The zero-order chi connectivity index (χ0) is 14.0. The molecule has 100 valence electrons. The van der Waals surface area contributed by atoms with E-state index >= 15 is 0 Å². The average Bonchev–Trinajstić information content (AvgIpc) is 2.77. The highest BCUT2D eigenvalue weighted by atomic mass is 32.1. The molecule has 0 saturated carbocycles. The monoisotopic (exact) mass is 278 g/mol. The summed E-state index contributed by atoms with van der Waals surface area (Å²) < 4.78 is 5.64. The highest BCUT2D eigenvalue weighted by Crippen LogP contribution is 2.36. The number of fused-ring (bicyclic) bond motifs is 1. The van der Waals surface area contributed by atoms with Crippen LogP contribution in [-0.2, 0) is 9.53 Å². The van der Waals surface area contributed by atoms with Crippen LogP contribution in [0.4, 0.5) is 5.69 Å². The summed E-state index contributed by atoms with van der Waals surface area (Å²) in [5, 5.41) is 3.50. The number of hydrogen-bond donors (Lipinski definition) is 2. The van der Waals surface area contributed by atoms with Gasteiger partial charge < -0.3 is 15.8 Å². The number of anilines is 1. The van der Waals surface area contributed by atoms with Crippen molar-refractivity contribution in [2.24, 2.45) is 5.73 Å². The van der Waals surface area contributed by atoms with E-state index in [1.165, 1.54) is 18.4 Å². The Morgan fingerprint density at radius 3 is 2.68 bits per heavy atom. The predicted molar refractivity (Wildman–Crippen MR) is 75.4 cm³/mol. The normalized spacial score (nSPS) is 12.2. The van der Waals surface area contributed by atoms with Crippen LogP contribution < -0.4 is 11.1 Å². The predicted octanol–water partition coefficient (Wildman–Crippen LogP) is 1.97. The fourth-order valence-corrected chi connectivity index (χ4v) is 2.72. The van der Waals surface area contributed by atoms with Gasteiger partial charge >= 0.3 is 5.97 Å². The van der Waals surface area contributed by atoms with Crippen molar-refractivity contribution in [2.75, 3.05) is 12.4 Å². The molecular weight excluding hydrogens is 264 g/mol. The maximum absolute atomic E-state index is 11.8. The summed E-state index contributed by atoms with van der Waals surface area (Å²) in [5.74, 6) is -0.810. The van der Waals surface area contributed by atoms with Crippen molar-refractivity contribution in [3.05, 3.63) is 29.1 Å². The molecule has 3 N–H and O–H groups in total. The van der Waals surface area contributed by atoms with E-state index in [0.29, 0.717) is 10.6 Å². The zero-order valence-corrected chi connectivity index (χ0v) is 11.4. The molecule has 0 bridgehead atoms. The number of nitrogens with two attached hydrogens (primary N) is 1. The van der Waals surface area contributed by atoms with Crippen molar-refractivity contribution in [3.8, 4) is 0 Å². The molecule has 0 saturated heterocycles. The number of esters is 1. The number of rotatable bonds is 3. The van der Waals surface area contributed by atoms with Gasteiger partial charge in [-0.1, -0.05) is 18.2 Å². The number of hydrogen-bond acceptors (Lipinski definition) is 5. The SMILES string of the molecule is COC(=O)c1sc2ccccc2c1NC(=O)C(C)N. The Bertz CT molecular complexity index is 634. The Hall–Kier alpha value is -1.92. The van der Waals surface area contributed by atoms with E-state index < -0.39 is 12.0 Å². The quantitative estimate of drug-likeness (QED) is 0.841. The highest BCUT2D eigenvalue weighted by molar-refractivity contribution is 7.21. The van der Waals surface area contributed by atoms with Crippen LogP contribution in [0.5, 0.6) is 0 Å². The maximum Gasteiger partial charge on any atom is 0.350 e. The second-order valence-corrected chi connectivity index (χ2v) is 5.12. The van der Waals surface area contributed by atoms with Gasteiger partial charge in [0.15, 0.2) is 0 Å². The number of ether oxygens (including phenoxy) is 1. The summed E-state index contributed by atoms with van der Waals surface area (Å²) >= 11 is 1.28. The fourth-order valence-electron chi connectivity index (χ4n) is 1.64. The van der Waals surface area contributed by atoms with Gasteiger partial charge in [0, 0.05) is 10.1 Å². The minimum atomic E-state index is -0.649. The number of benzene rings is 1. The van der Waals surface area contributed by atoms with E-state index in [-0.39, 0.29) is 5.91 Å². The summed E-state index contributed by atoms with van der Waals surface area (Å²) in [6.07, 6.45) is 0. The van der Waals surface area contributed by atoms with Crippen molar-refractivity contribution in [1.82, 2.24) is 0 Å². The molecule has 1 unspecified atom stereocenters. The Balaban J connectivity index is 2.54. The Kier molecular flexibility index (Phi) is 3.82. The molecule has 1 aromatic heterocycles. The van der Waals surface area contributed by atoms with Crippen molar-refractivity contribution in [1.29, 1.82) is 0 Å². The van der Waals surface area contributed by atoms with Gasteiger partial charge in [0.05, 0.1) is 18.8 Å². The van der Waals surface area contributed by atoms with Crippen LogP contribution in [0, 0.1) is 0 Å². The Morgan fingerprint density at radius 2 is 2.05 bits per heavy atom.